The van der Waals surface area contributed by atoms with E-state index in [1.54, 1.807) is 0 Å². The summed E-state index contributed by atoms with van der Waals surface area (Å²) in [4.78, 5) is 0. The summed E-state index contributed by atoms with van der Waals surface area (Å²) in [6.45, 7) is 9.52. The second-order valence-corrected chi connectivity index (χ2v) is 14.3. The summed E-state index contributed by atoms with van der Waals surface area (Å²) in [6.07, 6.45) is 19.8. The van der Waals surface area contributed by atoms with Gasteiger partial charge in [-0.3, -0.25) is 5.84 Å². The number of unbranched alkanes of at least 4 members (excludes halogenated alkanes) is 3. The van der Waals surface area contributed by atoms with Crippen molar-refractivity contribution in [3.8, 4) is 0 Å². The lowest BCUT2D eigenvalue weighted by Crippen LogP contribution is -2.51. The highest BCUT2D eigenvalue weighted by molar-refractivity contribution is 14.1. The van der Waals surface area contributed by atoms with Crippen LogP contribution >= 0.6 is 22.6 Å². The van der Waals surface area contributed by atoms with E-state index in [0.29, 0.717) is 15.5 Å². The number of rotatable bonds is 10. The van der Waals surface area contributed by atoms with Crippen molar-refractivity contribution in [2.24, 2.45) is 35.4 Å². The van der Waals surface area contributed by atoms with E-state index in [0.717, 1.165) is 29.6 Å². The highest BCUT2D eigenvalue weighted by atomic mass is 127. The van der Waals surface area contributed by atoms with E-state index in [4.69, 9.17) is 5.84 Å². The van der Waals surface area contributed by atoms with E-state index in [9.17, 15) is 0 Å². The Morgan fingerprint density at radius 2 is 1.55 bits per heavy atom. The topological polar surface area (TPSA) is 29.3 Å². The standard InChI is InChI=1S/C26H49IN2/c1-5-7-8-9-12-21-16-15-19(17-18-26(3,4)27)23-22-14-10-13-20(11-6-2)24(22)29(28)25(21)23/h19-25H,5-18,28H2,1-4H3. The van der Waals surface area contributed by atoms with Crippen molar-refractivity contribution in [2.45, 2.75) is 133 Å². The van der Waals surface area contributed by atoms with Crippen LogP contribution in [0.5, 0.6) is 0 Å². The molecule has 2 N–H and O–H groups in total. The Kier molecular flexibility index (Phi) is 9.20. The summed E-state index contributed by atoms with van der Waals surface area (Å²) in [5.41, 5.74) is 0. The van der Waals surface area contributed by atoms with Crippen LogP contribution in [0.15, 0.2) is 0 Å². The van der Waals surface area contributed by atoms with Crippen LogP contribution in [0.3, 0.4) is 0 Å². The molecule has 1 aliphatic heterocycles. The smallest absolute Gasteiger partial charge is 0.0306 e. The molecular weight excluding hydrogens is 467 g/mol. The van der Waals surface area contributed by atoms with Gasteiger partial charge in [-0.25, -0.2) is 5.01 Å². The first kappa shape index (κ1) is 24.3. The molecule has 3 aliphatic rings. The molecule has 0 amide bonds. The molecule has 7 unspecified atom stereocenters. The second kappa shape index (κ2) is 11.0. The molecule has 2 aliphatic carbocycles. The van der Waals surface area contributed by atoms with Gasteiger partial charge in [0.1, 0.15) is 0 Å². The number of halogens is 1. The molecule has 7 atom stereocenters. The fourth-order valence-corrected chi connectivity index (χ4v) is 7.83. The summed E-state index contributed by atoms with van der Waals surface area (Å²) < 4.78 is 0.433. The van der Waals surface area contributed by atoms with Crippen LogP contribution in [0.1, 0.15) is 118 Å². The van der Waals surface area contributed by atoms with Gasteiger partial charge in [0.25, 0.3) is 0 Å². The fourth-order valence-electron chi connectivity index (χ4n) is 7.52. The lowest BCUT2D eigenvalue weighted by atomic mass is 9.61. The molecule has 3 rings (SSSR count). The zero-order valence-corrected chi connectivity index (χ0v) is 22.0. The minimum absolute atomic E-state index is 0.433. The van der Waals surface area contributed by atoms with Crippen molar-refractivity contribution in [3.05, 3.63) is 0 Å². The number of alkyl halides is 1. The Balaban J connectivity index is 1.77. The summed E-state index contributed by atoms with van der Waals surface area (Å²) in [5, 5.41) is 2.49. The molecule has 0 aromatic heterocycles. The van der Waals surface area contributed by atoms with E-state index in [-0.39, 0.29) is 0 Å². The van der Waals surface area contributed by atoms with Crippen molar-refractivity contribution in [3.63, 3.8) is 0 Å². The lowest BCUT2D eigenvalue weighted by molar-refractivity contribution is 0.0474. The van der Waals surface area contributed by atoms with Gasteiger partial charge in [0.2, 0.25) is 0 Å². The van der Waals surface area contributed by atoms with Crippen molar-refractivity contribution in [2.75, 3.05) is 0 Å². The van der Waals surface area contributed by atoms with Gasteiger partial charge in [-0.05, 0) is 81.0 Å². The van der Waals surface area contributed by atoms with Gasteiger partial charge in [-0.1, -0.05) is 88.8 Å². The Morgan fingerprint density at radius 1 is 0.828 bits per heavy atom. The summed E-state index contributed by atoms with van der Waals surface area (Å²) in [6, 6.07) is 1.37. The van der Waals surface area contributed by atoms with Crippen LogP contribution in [-0.2, 0) is 0 Å². The van der Waals surface area contributed by atoms with Crippen LogP contribution in [0, 0.1) is 29.6 Å². The summed E-state index contributed by atoms with van der Waals surface area (Å²) in [5.74, 6) is 11.5. The van der Waals surface area contributed by atoms with Gasteiger partial charge in [-0.15, -0.1) is 0 Å². The Bertz CT molecular complexity index is 486. The Labute approximate surface area is 195 Å². The number of nitrogens with two attached hydrogens (primary N) is 1. The highest BCUT2D eigenvalue weighted by Gasteiger charge is 2.56. The van der Waals surface area contributed by atoms with Crippen LogP contribution in [0.2, 0.25) is 0 Å². The number of hydrogen-bond acceptors (Lipinski definition) is 2. The van der Waals surface area contributed by atoms with Crippen LogP contribution < -0.4 is 5.84 Å². The molecule has 0 spiro atoms. The van der Waals surface area contributed by atoms with E-state index < -0.39 is 0 Å². The SMILES string of the molecule is CCCCCCC1CCC(CCC(C)(C)I)C2C3CCCC(CCC)C3N(N)C12. The number of hydrogen-bond donors (Lipinski definition) is 1. The van der Waals surface area contributed by atoms with E-state index in [2.05, 4.69) is 55.3 Å². The van der Waals surface area contributed by atoms with Crippen LogP contribution in [-0.4, -0.2) is 20.5 Å². The molecule has 0 aromatic carbocycles. The fraction of sp³-hybridized carbons (Fsp3) is 1.00. The minimum Gasteiger partial charge on any atom is -0.268 e. The van der Waals surface area contributed by atoms with Crippen molar-refractivity contribution in [1.29, 1.82) is 0 Å². The highest BCUT2D eigenvalue weighted by Crippen LogP contribution is 2.55. The molecule has 1 heterocycles. The van der Waals surface area contributed by atoms with E-state index >= 15 is 0 Å². The van der Waals surface area contributed by atoms with Gasteiger partial charge in [0.05, 0.1) is 0 Å². The van der Waals surface area contributed by atoms with Crippen LogP contribution in [0.25, 0.3) is 0 Å². The third kappa shape index (κ3) is 5.92. The van der Waals surface area contributed by atoms with E-state index in [1.165, 1.54) is 89.9 Å². The summed E-state index contributed by atoms with van der Waals surface area (Å²) in [7, 11) is 0. The summed E-state index contributed by atoms with van der Waals surface area (Å²) >= 11 is 2.66. The largest absolute Gasteiger partial charge is 0.268 e. The molecule has 29 heavy (non-hydrogen) atoms. The maximum Gasteiger partial charge on any atom is 0.0306 e. The third-order valence-corrected chi connectivity index (χ3v) is 9.28. The molecule has 0 aromatic rings. The normalized spacial score (nSPS) is 38.1. The molecule has 170 valence electrons. The minimum atomic E-state index is 0.433. The number of nitrogens with zero attached hydrogens (tertiary/aromatic N) is 1. The van der Waals surface area contributed by atoms with E-state index in [1.807, 2.05) is 0 Å². The molecule has 2 saturated carbocycles. The molecule has 0 bridgehead atoms. The molecule has 3 heteroatoms. The van der Waals surface area contributed by atoms with Gasteiger partial charge in [-0.2, -0.15) is 0 Å². The first-order chi connectivity index (χ1) is 13.9. The van der Waals surface area contributed by atoms with Crippen LogP contribution in [0.4, 0.5) is 0 Å². The Hall–Kier alpha value is 0.650. The van der Waals surface area contributed by atoms with Gasteiger partial charge >= 0.3 is 0 Å². The zero-order chi connectivity index (χ0) is 21.0. The third-order valence-electron chi connectivity index (χ3n) is 8.74. The number of hydrazine groups is 1. The number of fused-ring (bicyclic) bond motifs is 3. The lowest BCUT2D eigenvalue weighted by Gasteiger charge is -2.43. The predicted molar refractivity (Wildman–Crippen MR) is 135 cm³/mol. The zero-order valence-electron chi connectivity index (χ0n) is 19.8. The van der Waals surface area contributed by atoms with Crippen molar-refractivity contribution in [1.82, 2.24) is 5.01 Å². The quantitative estimate of drug-likeness (QED) is 0.139. The van der Waals surface area contributed by atoms with Gasteiger partial charge in [0, 0.05) is 15.5 Å². The maximum atomic E-state index is 7.06. The molecule has 3 fully saturated rings. The molecule has 1 saturated heterocycles. The second-order valence-electron chi connectivity index (χ2n) is 11.4. The first-order valence-corrected chi connectivity index (χ1v) is 14.2. The maximum absolute atomic E-state index is 7.06. The van der Waals surface area contributed by atoms with Crippen molar-refractivity contribution < 1.29 is 0 Å². The first-order valence-electron chi connectivity index (χ1n) is 13.1. The average molecular weight is 517 g/mol. The van der Waals surface area contributed by atoms with Gasteiger partial charge in [0.15, 0.2) is 0 Å². The molecular formula is C26H49IN2. The predicted octanol–water partition coefficient (Wildman–Crippen LogP) is 7.74. The molecule has 0 radical (unpaired) electrons. The van der Waals surface area contributed by atoms with Crippen molar-refractivity contribution >= 4 is 22.6 Å². The average Bonchev–Trinajstić information content (AvgIpc) is 2.98. The monoisotopic (exact) mass is 516 g/mol. The van der Waals surface area contributed by atoms with Gasteiger partial charge < -0.3 is 0 Å². The molecule has 2 nitrogen and oxygen atoms in total. The Morgan fingerprint density at radius 3 is 2.24 bits per heavy atom.